The van der Waals surface area contributed by atoms with Gasteiger partial charge < -0.3 is 5.32 Å². The number of nitrogens with one attached hydrogen (secondary N) is 1. The van der Waals surface area contributed by atoms with Gasteiger partial charge in [-0.25, -0.2) is 0 Å². The predicted octanol–water partition coefficient (Wildman–Crippen LogP) is 5.11. The van der Waals surface area contributed by atoms with Crippen LogP contribution in [0.5, 0.6) is 0 Å². The Kier molecular flexibility index (Phi) is 4.03. The lowest BCUT2D eigenvalue weighted by Gasteiger charge is -2.57. The summed E-state index contributed by atoms with van der Waals surface area (Å²) >= 11 is 0. The first-order valence-corrected chi connectivity index (χ1v) is 8.47. The van der Waals surface area contributed by atoms with Crippen LogP contribution in [0.4, 0.5) is 0 Å². The molecule has 0 heterocycles. The summed E-state index contributed by atoms with van der Waals surface area (Å²) in [4.78, 5) is 0. The lowest BCUT2D eigenvalue weighted by molar-refractivity contribution is 0.0211. The van der Waals surface area contributed by atoms with Gasteiger partial charge in [-0.05, 0) is 53.5 Å². The van der Waals surface area contributed by atoms with Gasteiger partial charge in [-0.2, -0.15) is 0 Å². The van der Waals surface area contributed by atoms with Crippen LogP contribution in [0.3, 0.4) is 0 Å². The second-order valence-electron chi connectivity index (χ2n) is 6.45. The zero-order valence-corrected chi connectivity index (χ0v) is 13.5. The number of fused-ring (bicyclic) bond motifs is 1. The van der Waals surface area contributed by atoms with E-state index in [1.807, 2.05) is 0 Å². The fraction of sp³-hybridized carbons (Fsp3) is 0.500. The molecule has 112 valence electrons. The average molecular weight is 281 g/mol. The van der Waals surface area contributed by atoms with Gasteiger partial charge in [0.15, 0.2) is 0 Å². The van der Waals surface area contributed by atoms with E-state index in [0.717, 1.165) is 6.54 Å². The first kappa shape index (κ1) is 14.6. The summed E-state index contributed by atoms with van der Waals surface area (Å²) in [7, 11) is 0. The Morgan fingerprint density at radius 2 is 1.71 bits per heavy atom. The Balaban J connectivity index is 1.94. The van der Waals surface area contributed by atoms with Crippen molar-refractivity contribution in [3.8, 4) is 0 Å². The monoisotopic (exact) mass is 281 g/mol. The van der Waals surface area contributed by atoms with Crippen molar-refractivity contribution in [2.24, 2.45) is 5.41 Å². The fourth-order valence-corrected chi connectivity index (χ4v) is 4.45. The van der Waals surface area contributed by atoms with E-state index in [1.165, 1.54) is 35.6 Å². The molecule has 0 bridgehead atoms. The van der Waals surface area contributed by atoms with Crippen molar-refractivity contribution < 1.29 is 0 Å². The standard InChI is InChI=1S/C20H27N/c1-4-20(5-2)18(14-19(20)21-6-3)17-12-11-15-9-7-8-10-16(15)13-17/h7-13,18-19,21H,4-6,14H2,1-3H3. The molecule has 2 aromatic rings. The lowest BCUT2D eigenvalue weighted by Crippen LogP contribution is -2.58. The van der Waals surface area contributed by atoms with E-state index in [-0.39, 0.29) is 0 Å². The van der Waals surface area contributed by atoms with Gasteiger partial charge in [-0.1, -0.05) is 63.2 Å². The summed E-state index contributed by atoms with van der Waals surface area (Å²) in [6, 6.07) is 16.5. The third-order valence-electron chi connectivity index (χ3n) is 5.80. The normalized spacial score (nSPS) is 24.0. The summed E-state index contributed by atoms with van der Waals surface area (Å²) in [5.74, 6) is 0.709. The zero-order valence-electron chi connectivity index (χ0n) is 13.5. The number of hydrogen-bond acceptors (Lipinski definition) is 1. The maximum atomic E-state index is 3.71. The second kappa shape index (κ2) is 5.81. The molecule has 1 aliphatic rings. The van der Waals surface area contributed by atoms with Crippen molar-refractivity contribution in [1.82, 2.24) is 5.32 Å². The molecular formula is C20H27N. The van der Waals surface area contributed by atoms with Crippen LogP contribution >= 0.6 is 0 Å². The van der Waals surface area contributed by atoms with Crippen LogP contribution in [0.25, 0.3) is 10.8 Å². The highest BCUT2D eigenvalue weighted by molar-refractivity contribution is 5.83. The predicted molar refractivity (Wildman–Crippen MR) is 91.8 cm³/mol. The number of hydrogen-bond donors (Lipinski definition) is 1. The largest absolute Gasteiger partial charge is 0.314 e. The van der Waals surface area contributed by atoms with Crippen molar-refractivity contribution >= 4 is 10.8 Å². The number of rotatable bonds is 5. The van der Waals surface area contributed by atoms with Crippen LogP contribution in [-0.2, 0) is 0 Å². The Morgan fingerprint density at radius 1 is 1.00 bits per heavy atom. The van der Waals surface area contributed by atoms with Gasteiger partial charge in [-0.3, -0.25) is 0 Å². The Bertz CT molecular complexity index is 612. The van der Waals surface area contributed by atoms with Crippen LogP contribution in [0.1, 0.15) is 51.5 Å². The molecule has 1 fully saturated rings. The topological polar surface area (TPSA) is 12.0 Å². The van der Waals surface area contributed by atoms with E-state index in [1.54, 1.807) is 0 Å². The van der Waals surface area contributed by atoms with Crippen molar-refractivity contribution in [1.29, 1.82) is 0 Å². The maximum absolute atomic E-state index is 3.71. The van der Waals surface area contributed by atoms with Gasteiger partial charge >= 0.3 is 0 Å². The average Bonchev–Trinajstić information content (AvgIpc) is 2.52. The summed E-state index contributed by atoms with van der Waals surface area (Å²) in [5, 5.41) is 6.44. The van der Waals surface area contributed by atoms with Crippen LogP contribution in [0.2, 0.25) is 0 Å². The molecule has 3 rings (SSSR count). The van der Waals surface area contributed by atoms with Gasteiger partial charge in [0, 0.05) is 6.04 Å². The number of benzene rings is 2. The lowest BCUT2D eigenvalue weighted by atomic mass is 9.51. The highest BCUT2D eigenvalue weighted by Gasteiger charge is 2.52. The molecule has 2 unspecified atom stereocenters. The third-order valence-corrected chi connectivity index (χ3v) is 5.80. The van der Waals surface area contributed by atoms with Gasteiger partial charge in [0.2, 0.25) is 0 Å². The van der Waals surface area contributed by atoms with E-state index < -0.39 is 0 Å². The van der Waals surface area contributed by atoms with Crippen LogP contribution in [-0.4, -0.2) is 12.6 Å². The summed E-state index contributed by atoms with van der Waals surface area (Å²) in [6.45, 7) is 8.03. The maximum Gasteiger partial charge on any atom is 0.0135 e. The Labute approximate surface area is 128 Å². The van der Waals surface area contributed by atoms with Crippen molar-refractivity contribution in [3.63, 3.8) is 0 Å². The van der Waals surface area contributed by atoms with E-state index in [2.05, 4.69) is 68.6 Å². The Morgan fingerprint density at radius 3 is 2.38 bits per heavy atom. The zero-order chi connectivity index (χ0) is 14.9. The molecule has 1 aliphatic carbocycles. The van der Waals surface area contributed by atoms with Gasteiger partial charge in [0.1, 0.15) is 0 Å². The van der Waals surface area contributed by atoms with Crippen molar-refractivity contribution in [2.75, 3.05) is 6.54 Å². The molecule has 1 nitrogen and oxygen atoms in total. The third kappa shape index (κ3) is 2.28. The molecule has 2 aromatic carbocycles. The van der Waals surface area contributed by atoms with Crippen molar-refractivity contribution in [3.05, 3.63) is 48.0 Å². The highest BCUT2D eigenvalue weighted by atomic mass is 15.0. The van der Waals surface area contributed by atoms with Crippen LogP contribution in [0.15, 0.2) is 42.5 Å². The van der Waals surface area contributed by atoms with E-state index in [9.17, 15) is 0 Å². The molecule has 21 heavy (non-hydrogen) atoms. The van der Waals surface area contributed by atoms with E-state index in [4.69, 9.17) is 0 Å². The summed E-state index contributed by atoms with van der Waals surface area (Å²) < 4.78 is 0. The molecule has 1 heteroatoms. The minimum atomic E-state index is 0.443. The highest BCUT2D eigenvalue weighted by Crippen LogP contribution is 2.57. The van der Waals surface area contributed by atoms with Crippen LogP contribution in [0, 0.1) is 5.41 Å². The van der Waals surface area contributed by atoms with Crippen molar-refractivity contribution in [2.45, 2.75) is 52.0 Å². The quantitative estimate of drug-likeness (QED) is 0.803. The molecule has 0 aromatic heterocycles. The van der Waals surface area contributed by atoms with Gasteiger partial charge in [0.05, 0.1) is 0 Å². The second-order valence-corrected chi connectivity index (χ2v) is 6.45. The SMILES string of the molecule is CCNC1CC(c2ccc3ccccc3c2)C1(CC)CC. The molecule has 0 spiro atoms. The molecule has 0 saturated heterocycles. The first-order valence-electron chi connectivity index (χ1n) is 8.47. The molecule has 1 N–H and O–H groups in total. The smallest absolute Gasteiger partial charge is 0.0135 e. The molecule has 0 aliphatic heterocycles. The van der Waals surface area contributed by atoms with Crippen LogP contribution < -0.4 is 5.32 Å². The fourth-order valence-electron chi connectivity index (χ4n) is 4.45. The molecule has 0 radical (unpaired) electrons. The first-order chi connectivity index (χ1) is 10.2. The van der Waals surface area contributed by atoms with E-state index in [0.29, 0.717) is 17.4 Å². The summed E-state index contributed by atoms with van der Waals surface area (Å²) in [5.41, 5.74) is 1.98. The van der Waals surface area contributed by atoms with E-state index >= 15 is 0 Å². The van der Waals surface area contributed by atoms with Gasteiger partial charge in [0.25, 0.3) is 0 Å². The minimum Gasteiger partial charge on any atom is -0.314 e. The minimum absolute atomic E-state index is 0.443. The van der Waals surface area contributed by atoms with Gasteiger partial charge in [-0.15, -0.1) is 0 Å². The molecule has 0 amide bonds. The summed E-state index contributed by atoms with van der Waals surface area (Å²) in [6.07, 6.45) is 3.81. The Hall–Kier alpha value is -1.34. The molecular weight excluding hydrogens is 254 g/mol. The molecule has 2 atom stereocenters. The molecule has 1 saturated carbocycles.